The van der Waals surface area contributed by atoms with Crippen molar-refractivity contribution in [3.63, 3.8) is 0 Å². The third kappa shape index (κ3) is 4.79. The molecule has 0 saturated carbocycles. The molecule has 1 unspecified atom stereocenters. The molecule has 192 valence electrons. The van der Waals surface area contributed by atoms with E-state index < -0.39 is 29.3 Å². The lowest BCUT2D eigenvalue weighted by Crippen LogP contribution is -2.29. The van der Waals surface area contributed by atoms with Gasteiger partial charge in [0.25, 0.3) is 11.7 Å². The summed E-state index contributed by atoms with van der Waals surface area (Å²) in [6, 6.07) is 15.0. The second-order valence-electron chi connectivity index (χ2n) is 9.71. The highest BCUT2D eigenvalue weighted by molar-refractivity contribution is 6.51. The van der Waals surface area contributed by atoms with Gasteiger partial charge in [-0.05, 0) is 46.9 Å². The quantitative estimate of drug-likeness (QED) is 0.237. The molecule has 8 heteroatoms. The third-order valence-electron chi connectivity index (χ3n) is 6.38. The number of methoxy groups -OCH3 is 2. The normalized spacial score (nSPS) is 17.3. The molecule has 37 heavy (non-hydrogen) atoms. The number of aliphatic hydroxyl groups is 1. The van der Waals surface area contributed by atoms with Crippen LogP contribution in [0.15, 0.2) is 66.2 Å². The van der Waals surface area contributed by atoms with Gasteiger partial charge in [0.1, 0.15) is 23.1 Å². The molecular weight excluding hydrogens is 497 g/mol. The minimum absolute atomic E-state index is 0.124. The second kappa shape index (κ2) is 9.90. The van der Waals surface area contributed by atoms with Crippen molar-refractivity contribution in [1.82, 2.24) is 0 Å². The number of anilines is 1. The van der Waals surface area contributed by atoms with E-state index in [4.69, 9.17) is 21.1 Å². The Kier molecular flexibility index (Phi) is 7.02. The summed E-state index contributed by atoms with van der Waals surface area (Å²) in [7, 11) is 2.92. The molecule has 1 aliphatic heterocycles. The average Bonchev–Trinajstić information content (AvgIpc) is 3.14. The number of carbonyl (C=O) groups excluding carboxylic acids is 2. The Balaban J connectivity index is 1.96. The first-order chi connectivity index (χ1) is 17.5. The molecule has 1 heterocycles. The first-order valence-electron chi connectivity index (χ1n) is 11.6. The summed E-state index contributed by atoms with van der Waals surface area (Å²) in [4.78, 5) is 28.0. The largest absolute Gasteiger partial charge is 0.507 e. The van der Waals surface area contributed by atoms with Gasteiger partial charge in [-0.1, -0.05) is 56.6 Å². The van der Waals surface area contributed by atoms with Crippen LogP contribution < -0.4 is 14.4 Å². The van der Waals surface area contributed by atoms with Gasteiger partial charge in [0, 0.05) is 11.8 Å². The van der Waals surface area contributed by atoms with Gasteiger partial charge < -0.3 is 14.6 Å². The molecule has 3 aromatic rings. The predicted molar refractivity (Wildman–Crippen MR) is 141 cm³/mol. The van der Waals surface area contributed by atoms with Gasteiger partial charge in [-0.25, -0.2) is 4.39 Å². The van der Waals surface area contributed by atoms with Crippen molar-refractivity contribution in [3.8, 4) is 11.5 Å². The maximum Gasteiger partial charge on any atom is 0.300 e. The van der Waals surface area contributed by atoms with Crippen LogP contribution in [0.4, 0.5) is 10.1 Å². The third-order valence-corrected chi connectivity index (χ3v) is 6.67. The van der Waals surface area contributed by atoms with Crippen molar-refractivity contribution in [3.05, 3.63) is 93.8 Å². The summed E-state index contributed by atoms with van der Waals surface area (Å²) in [5.41, 5.74) is 1.82. The Morgan fingerprint density at radius 3 is 2.22 bits per heavy atom. The van der Waals surface area contributed by atoms with E-state index in [1.807, 2.05) is 24.3 Å². The summed E-state index contributed by atoms with van der Waals surface area (Å²) in [6.07, 6.45) is 0. The number of amides is 1. The SMILES string of the molecule is COc1ccc(/C(O)=C2/C(=O)C(=O)N(c3ccc(F)c(Cl)c3)C2c2ccc(C(C)(C)C)cc2)c(OC)c1. The Labute approximate surface area is 219 Å². The van der Waals surface area contributed by atoms with E-state index in [1.54, 1.807) is 18.2 Å². The van der Waals surface area contributed by atoms with E-state index in [9.17, 15) is 19.1 Å². The maximum absolute atomic E-state index is 13.9. The molecule has 6 nitrogen and oxygen atoms in total. The highest BCUT2D eigenvalue weighted by Crippen LogP contribution is 2.44. The minimum atomic E-state index is -0.998. The Morgan fingerprint density at radius 1 is 0.973 bits per heavy atom. The zero-order chi connectivity index (χ0) is 27.1. The van der Waals surface area contributed by atoms with E-state index in [1.165, 1.54) is 31.3 Å². The van der Waals surface area contributed by atoms with Gasteiger partial charge >= 0.3 is 0 Å². The smallest absolute Gasteiger partial charge is 0.300 e. The van der Waals surface area contributed by atoms with Gasteiger partial charge in [-0.2, -0.15) is 0 Å². The van der Waals surface area contributed by atoms with E-state index in [-0.39, 0.29) is 33.0 Å². The van der Waals surface area contributed by atoms with Crippen LogP contribution in [-0.2, 0) is 15.0 Å². The van der Waals surface area contributed by atoms with Gasteiger partial charge in [0.2, 0.25) is 0 Å². The van der Waals surface area contributed by atoms with Gasteiger partial charge in [-0.3, -0.25) is 14.5 Å². The van der Waals surface area contributed by atoms with Crippen LogP contribution in [0.5, 0.6) is 11.5 Å². The summed E-state index contributed by atoms with van der Waals surface area (Å²) in [5.74, 6) is -2.07. The number of Topliss-reactive ketones (excluding diaryl/α,β-unsaturated/α-hetero) is 1. The molecule has 0 bridgehead atoms. The lowest BCUT2D eigenvalue weighted by molar-refractivity contribution is -0.132. The Morgan fingerprint density at radius 2 is 1.65 bits per heavy atom. The lowest BCUT2D eigenvalue weighted by Gasteiger charge is -2.27. The summed E-state index contributed by atoms with van der Waals surface area (Å²) < 4.78 is 24.6. The van der Waals surface area contributed by atoms with E-state index >= 15 is 0 Å². The summed E-state index contributed by atoms with van der Waals surface area (Å²) >= 11 is 6.02. The van der Waals surface area contributed by atoms with E-state index in [0.717, 1.165) is 11.6 Å². The van der Waals surface area contributed by atoms with E-state index in [2.05, 4.69) is 20.8 Å². The number of nitrogens with zero attached hydrogens (tertiary/aromatic N) is 1. The van der Waals surface area contributed by atoms with Gasteiger partial charge in [-0.15, -0.1) is 0 Å². The first kappa shape index (κ1) is 26.2. The first-order valence-corrected chi connectivity index (χ1v) is 11.9. The van der Waals surface area contributed by atoms with Crippen LogP contribution >= 0.6 is 11.6 Å². The molecular formula is C29H27ClFNO5. The number of ether oxygens (including phenoxy) is 2. The number of carbonyl (C=O) groups is 2. The highest BCUT2D eigenvalue weighted by atomic mass is 35.5. The van der Waals surface area contributed by atoms with Gasteiger partial charge in [0.05, 0.1) is 36.4 Å². The molecule has 1 amide bonds. The number of hydrogen-bond donors (Lipinski definition) is 1. The molecule has 1 aliphatic rings. The zero-order valence-electron chi connectivity index (χ0n) is 21.1. The molecule has 0 aliphatic carbocycles. The number of aliphatic hydroxyl groups excluding tert-OH is 1. The van der Waals surface area contributed by atoms with Crippen LogP contribution in [0.1, 0.15) is 43.5 Å². The highest BCUT2D eigenvalue weighted by Gasteiger charge is 2.47. The van der Waals surface area contributed by atoms with Gasteiger partial charge in [0.15, 0.2) is 0 Å². The van der Waals surface area contributed by atoms with Crippen molar-refractivity contribution in [2.75, 3.05) is 19.1 Å². The Hall–Kier alpha value is -3.84. The van der Waals surface area contributed by atoms with Crippen LogP contribution in [-0.4, -0.2) is 31.0 Å². The van der Waals surface area contributed by atoms with E-state index in [0.29, 0.717) is 11.3 Å². The molecule has 4 rings (SSSR count). The topological polar surface area (TPSA) is 76.1 Å². The molecule has 3 aromatic carbocycles. The van der Waals surface area contributed by atoms with Crippen molar-refractivity contribution in [2.45, 2.75) is 32.2 Å². The maximum atomic E-state index is 13.9. The summed E-state index contributed by atoms with van der Waals surface area (Å²) in [6.45, 7) is 6.22. The molecule has 0 spiro atoms. The monoisotopic (exact) mass is 523 g/mol. The van der Waals surface area contributed by atoms with Crippen molar-refractivity contribution < 1.29 is 28.6 Å². The minimum Gasteiger partial charge on any atom is -0.507 e. The molecule has 1 atom stereocenters. The number of benzene rings is 3. The number of rotatable bonds is 5. The van der Waals surface area contributed by atoms with Crippen LogP contribution in [0.3, 0.4) is 0 Å². The van der Waals surface area contributed by atoms with Crippen molar-refractivity contribution in [2.24, 2.45) is 0 Å². The fourth-order valence-electron chi connectivity index (χ4n) is 4.35. The predicted octanol–water partition coefficient (Wildman–Crippen LogP) is 6.42. The fourth-order valence-corrected chi connectivity index (χ4v) is 4.53. The molecule has 1 saturated heterocycles. The number of hydrogen-bond acceptors (Lipinski definition) is 5. The molecule has 0 aromatic heterocycles. The second-order valence-corrected chi connectivity index (χ2v) is 10.1. The zero-order valence-corrected chi connectivity index (χ0v) is 21.9. The van der Waals surface area contributed by atoms with Crippen molar-refractivity contribution in [1.29, 1.82) is 0 Å². The van der Waals surface area contributed by atoms with Crippen LogP contribution in [0, 0.1) is 5.82 Å². The fraction of sp³-hybridized carbons (Fsp3) is 0.241. The summed E-state index contributed by atoms with van der Waals surface area (Å²) in [5, 5.41) is 11.2. The molecule has 1 N–H and O–H groups in total. The van der Waals surface area contributed by atoms with Crippen LogP contribution in [0.2, 0.25) is 5.02 Å². The number of ketones is 1. The molecule has 0 radical (unpaired) electrons. The lowest BCUT2D eigenvalue weighted by atomic mass is 9.85. The van der Waals surface area contributed by atoms with Crippen LogP contribution in [0.25, 0.3) is 5.76 Å². The standard InChI is InChI=1S/C29H27ClFNO5/c1-29(2,3)17-8-6-16(7-9-17)25-24(26(33)20-12-11-19(36-4)15-23(20)37-5)27(34)28(35)32(25)18-10-13-22(31)21(30)14-18/h6-15,25,33H,1-5H3/b26-24-. The molecule has 1 fully saturated rings. The van der Waals surface area contributed by atoms with Crippen molar-refractivity contribution >= 4 is 34.7 Å². The Bertz CT molecular complexity index is 1410. The number of halogens is 2. The average molecular weight is 524 g/mol.